The molecule has 2 saturated heterocycles. The average molecular weight is 1030 g/mol. The fraction of sp³-hybridized carbons (Fsp3) is 0.857. The summed E-state index contributed by atoms with van der Waals surface area (Å²) in [6.45, 7) is 59.6. The van der Waals surface area contributed by atoms with Crippen LogP contribution >= 0.6 is 0 Å². The molecule has 3 rings (SSSR count). The van der Waals surface area contributed by atoms with E-state index in [2.05, 4.69) is 169 Å². The smallest absolute Gasteiger partial charge is 0.201 e. The van der Waals surface area contributed by atoms with Crippen LogP contribution in [-0.2, 0) is 37.0 Å². The highest BCUT2D eigenvalue weighted by Gasteiger charge is 2.58. The monoisotopic (exact) mass is 1030 g/mol. The van der Waals surface area contributed by atoms with Crippen LogP contribution in [0.2, 0.25) is 54.4 Å². The zero-order chi connectivity index (χ0) is 53.9. The van der Waals surface area contributed by atoms with Crippen LogP contribution in [0.25, 0.3) is 0 Å². The predicted molar refractivity (Wildman–Crippen MR) is 297 cm³/mol. The van der Waals surface area contributed by atoms with Crippen molar-refractivity contribution in [2.75, 3.05) is 34.0 Å². The average Bonchev–Trinajstić information content (AvgIpc) is 3.22. The van der Waals surface area contributed by atoms with Gasteiger partial charge in [-0.05, 0) is 112 Å². The van der Waals surface area contributed by atoms with Gasteiger partial charge in [-0.2, -0.15) is 0 Å². The van der Waals surface area contributed by atoms with Gasteiger partial charge in [-0.1, -0.05) is 122 Å². The molecule has 3 aliphatic heterocycles. The molecule has 0 radical (unpaired) electrons. The molecular formula is C56H110O10Si3. The standard InChI is InChI=1S/2C19H38O4Si.C18H34O2Si/c2*1-10-11-15-12-13-16(20)19(21-7,23-15)18(5,6)14-22-24(8,9)17(2,3)4;1-9-11-15-12-10-13-16(20-15)18(5,6)14-19-21(7,8)17(2,3)4/h2*10,15-16,20H,1,11-14H2,2-9H3;9,13,15H,1,10-12,14H2,2-8H3/t15-,16?,19?;15-,16?,19-;15-/m111/s1. The number of methoxy groups -OCH3 is 2. The van der Waals surface area contributed by atoms with E-state index in [1.54, 1.807) is 14.2 Å². The summed E-state index contributed by atoms with van der Waals surface area (Å²) in [6.07, 6.45) is 14.5. The molecule has 0 aliphatic carbocycles. The van der Waals surface area contributed by atoms with Gasteiger partial charge in [-0.15, -0.1) is 19.7 Å². The summed E-state index contributed by atoms with van der Waals surface area (Å²) in [4.78, 5) is 0. The highest BCUT2D eigenvalue weighted by Crippen LogP contribution is 2.48. The Morgan fingerprint density at radius 3 is 1.16 bits per heavy atom. The van der Waals surface area contributed by atoms with Crippen LogP contribution in [0, 0.1) is 16.2 Å². The summed E-state index contributed by atoms with van der Waals surface area (Å²) in [6, 6.07) is 0. The largest absolute Gasteiger partial charge is 0.494 e. The minimum atomic E-state index is -1.89. The molecule has 0 aromatic rings. The number of hydrogen-bond acceptors (Lipinski definition) is 10. The molecule has 13 heteroatoms. The van der Waals surface area contributed by atoms with Gasteiger partial charge in [0.2, 0.25) is 11.6 Å². The zero-order valence-electron chi connectivity index (χ0n) is 49.0. The normalized spacial score (nSPS) is 26.9. The maximum atomic E-state index is 10.7. The lowest BCUT2D eigenvalue weighted by atomic mass is 9.77. The van der Waals surface area contributed by atoms with Gasteiger partial charge in [0.25, 0.3) is 0 Å². The van der Waals surface area contributed by atoms with Gasteiger partial charge in [0.1, 0.15) is 24.1 Å². The molecule has 0 bridgehead atoms. The Morgan fingerprint density at radius 1 is 0.536 bits per heavy atom. The number of ether oxygens (including phenoxy) is 5. The van der Waals surface area contributed by atoms with Gasteiger partial charge < -0.3 is 47.2 Å². The van der Waals surface area contributed by atoms with E-state index in [1.165, 1.54) is 0 Å². The molecule has 3 heterocycles. The van der Waals surface area contributed by atoms with Crippen molar-refractivity contribution >= 4 is 25.0 Å². The minimum absolute atomic E-state index is 0.0259. The van der Waals surface area contributed by atoms with Crippen LogP contribution in [-0.4, -0.2) is 111 Å². The Hall–Kier alpha value is -0.949. The van der Waals surface area contributed by atoms with Gasteiger partial charge >= 0.3 is 0 Å². The maximum absolute atomic E-state index is 10.7. The zero-order valence-corrected chi connectivity index (χ0v) is 52.0. The molecule has 0 aromatic heterocycles. The number of aliphatic hydroxyl groups excluding tert-OH is 2. The van der Waals surface area contributed by atoms with Crippen molar-refractivity contribution in [1.82, 2.24) is 0 Å². The van der Waals surface area contributed by atoms with E-state index in [0.29, 0.717) is 26.1 Å². The Bertz CT molecular complexity index is 1540. The summed E-state index contributed by atoms with van der Waals surface area (Å²) in [5.41, 5.74) is -1.01. The van der Waals surface area contributed by atoms with Crippen LogP contribution in [0.3, 0.4) is 0 Å². The van der Waals surface area contributed by atoms with Crippen LogP contribution < -0.4 is 0 Å². The third kappa shape index (κ3) is 17.3. The van der Waals surface area contributed by atoms with Crippen LogP contribution in [0.5, 0.6) is 0 Å². The molecule has 0 amide bonds. The molecule has 406 valence electrons. The van der Waals surface area contributed by atoms with Crippen molar-refractivity contribution in [3.05, 3.63) is 49.8 Å². The molecule has 7 atom stereocenters. The molecule has 2 fully saturated rings. The molecular weight excluding hydrogens is 917 g/mol. The second kappa shape index (κ2) is 25.5. The Labute approximate surface area is 428 Å². The number of hydrogen-bond donors (Lipinski definition) is 2. The van der Waals surface area contributed by atoms with E-state index in [1.807, 2.05) is 18.2 Å². The molecule has 3 aliphatic rings. The number of allylic oxidation sites excluding steroid dienone is 1. The van der Waals surface area contributed by atoms with E-state index in [0.717, 1.165) is 57.3 Å². The Morgan fingerprint density at radius 2 is 0.855 bits per heavy atom. The number of aliphatic hydroxyl groups is 2. The van der Waals surface area contributed by atoms with Crippen molar-refractivity contribution in [2.45, 2.75) is 258 Å². The highest BCUT2D eigenvalue weighted by atomic mass is 28.4. The first-order chi connectivity index (χ1) is 31.1. The first kappa shape index (κ1) is 66.1. The summed E-state index contributed by atoms with van der Waals surface area (Å²) < 4.78 is 49.6. The second-order valence-corrected chi connectivity index (χ2v) is 41.1. The summed E-state index contributed by atoms with van der Waals surface area (Å²) in [5.74, 6) is -1.01. The Balaban J connectivity index is 0.000000519. The molecule has 0 aromatic carbocycles. The summed E-state index contributed by atoms with van der Waals surface area (Å²) in [7, 11) is -2.25. The fourth-order valence-corrected chi connectivity index (χ4v) is 11.6. The predicted octanol–water partition coefficient (Wildman–Crippen LogP) is 14.7. The van der Waals surface area contributed by atoms with Gasteiger partial charge in [0.05, 0.1) is 12.2 Å². The van der Waals surface area contributed by atoms with Gasteiger partial charge in [0, 0.05) is 56.7 Å². The first-order valence-corrected chi connectivity index (χ1v) is 34.8. The highest BCUT2D eigenvalue weighted by molar-refractivity contribution is 6.74. The van der Waals surface area contributed by atoms with Crippen LogP contribution in [0.1, 0.15) is 162 Å². The lowest BCUT2D eigenvalue weighted by Gasteiger charge is -2.53. The third-order valence-electron chi connectivity index (χ3n) is 16.4. The lowest BCUT2D eigenvalue weighted by molar-refractivity contribution is -0.359. The molecule has 3 unspecified atom stereocenters. The van der Waals surface area contributed by atoms with E-state index >= 15 is 0 Å². The van der Waals surface area contributed by atoms with Gasteiger partial charge in [-0.25, -0.2) is 0 Å². The van der Waals surface area contributed by atoms with Gasteiger partial charge in [-0.3, -0.25) is 0 Å². The van der Waals surface area contributed by atoms with E-state index in [-0.39, 0.29) is 38.8 Å². The van der Waals surface area contributed by atoms with Crippen molar-refractivity contribution < 1.29 is 47.2 Å². The third-order valence-corrected chi connectivity index (χ3v) is 29.9. The van der Waals surface area contributed by atoms with Crippen molar-refractivity contribution in [3.8, 4) is 0 Å². The topological polar surface area (TPSA) is 114 Å². The van der Waals surface area contributed by atoms with Crippen molar-refractivity contribution in [2.24, 2.45) is 16.2 Å². The lowest BCUT2D eigenvalue weighted by Crippen LogP contribution is -2.63. The van der Waals surface area contributed by atoms with E-state index in [4.69, 9.17) is 37.0 Å². The first-order valence-electron chi connectivity index (χ1n) is 26.1. The SMILES string of the molecule is C=CC[C@@H]1CCC(O)C(OC)(C(C)(C)CO[Si](C)(C)C(C)(C)C)O1.C=CC[C@@H]1CCC(O)[C@](OC)(C(C)(C)CO[Si](C)(C)C(C)(C)C)O1.C=CC[C@@H]1CCC=C(C(C)(C)CO[Si](C)(C)C(C)(C)C)O1. The second-order valence-electron chi connectivity index (χ2n) is 26.7. The van der Waals surface area contributed by atoms with Crippen molar-refractivity contribution in [1.29, 1.82) is 0 Å². The fourth-order valence-electron chi connectivity index (χ4n) is 8.16. The molecule has 0 spiro atoms. The van der Waals surface area contributed by atoms with Gasteiger partial charge in [0.15, 0.2) is 25.0 Å². The summed E-state index contributed by atoms with van der Waals surface area (Å²) in [5, 5.41) is 21.9. The van der Waals surface area contributed by atoms with E-state index < -0.39 is 59.6 Å². The van der Waals surface area contributed by atoms with Crippen molar-refractivity contribution in [3.63, 3.8) is 0 Å². The molecule has 69 heavy (non-hydrogen) atoms. The maximum Gasteiger partial charge on any atom is 0.201 e. The van der Waals surface area contributed by atoms with Crippen LogP contribution in [0.15, 0.2) is 49.8 Å². The molecule has 2 N–H and O–H groups in total. The van der Waals surface area contributed by atoms with E-state index in [9.17, 15) is 10.2 Å². The molecule has 0 saturated carbocycles. The molecule has 10 nitrogen and oxygen atoms in total. The quantitative estimate of drug-likeness (QED) is 0.0902. The number of rotatable bonds is 20. The Kier molecular flexibility index (Phi) is 24.4. The summed E-state index contributed by atoms with van der Waals surface area (Å²) >= 11 is 0. The minimum Gasteiger partial charge on any atom is -0.494 e. The van der Waals surface area contributed by atoms with Crippen LogP contribution in [0.4, 0.5) is 0 Å².